The second kappa shape index (κ2) is 9.68. The summed E-state index contributed by atoms with van der Waals surface area (Å²) in [7, 11) is 1.14. The number of rotatable bonds is 7. The van der Waals surface area contributed by atoms with Crippen molar-refractivity contribution in [2.45, 2.75) is 13.3 Å². The Morgan fingerprint density at radius 1 is 0.971 bits per heavy atom. The zero-order valence-electron chi connectivity index (χ0n) is 17.4. The minimum atomic E-state index is -4.94. The number of pyridine rings is 2. The van der Waals surface area contributed by atoms with E-state index in [0.29, 0.717) is 0 Å². The number of ketones is 1. The molecule has 13 heteroatoms. The highest BCUT2D eigenvalue weighted by Gasteiger charge is 2.31. The molecule has 0 spiro atoms. The first-order valence-corrected chi connectivity index (χ1v) is 9.22. The zero-order chi connectivity index (χ0) is 25.0. The topological polar surface area (TPSA) is 99.6 Å². The van der Waals surface area contributed by atoms with Crippen LogP contribution in [0.25, 0.3) is 0 Å². The highest BCUT2D eigenvalue weighted by Crippen LogP contribution is 2.37. The number of Topliss-reactive ketones (excluding diaryl/α,β-unsaturated/α-hetero) is 1. The van der Waals surface area contributed by atoms with Gasteiger partial charge in [0.05, 0.1) is 19.5 Å². The number of amides is 1. The third-order valence-electron chi connectivity index (χ3n) is 4.10. The number of alkyl halides is 3. The van der Waals surface area contributed by atoms with Crippen LogP contribution < -0.4 is 19.5 Å². The second-order valence-corrected chi connectivity index (χ2v) is 6.49. The van der Waals surface area contributed by atoms with Crippen molar-refractivity contribution in [3.05, 3.63) is 65.6 Å². The smallest absolute Gasteiger partial charge is 0.493 e. The fourth-order valence-corrected chi connectivity index (χ4v) is 2.70. The molecule has 1 aromatic carbocycles. The van der Waals surface area contributed by atoms with E-state index in [4.69, 9.17) is 9.47 Å². The molecule has 0 aliphatic rings. The van der Waals surface area contributed by atoms with Crippen molar-refractivity contribution >= 4 is 17.5 Å². The van der Waals surface area contributed by atoms with E-state index in [1.807, 2.05) is 0 Å². The van der Waals surface area contributed by atoms with Crippen molar-refractivity contribution in [2.75, 3.05) is 12.4 Å². The molecular weight excluding hydrogens is 469 g/mol. The van der Waals surface area contributed by atoms with Gasteiger partial charge in [0, 0.05) is 13.0 Å². The Morgan fingerprint density at radius 2 is 1.71 bits per heavy atom. The Labute approximate surface area is 188 Å². The van der Waals surface area contributed by atoms with E-state index in [1.54, 1.807) is 0 Å². The molecule has 2 heterocycles. The molecule has 0 bridgehead atoms. The molecule has 0 fully saturated rings. The summed E-state index contributed by atoms with van der Waals surface area (Å²) in [6.45, 7) is 1.07. The van der Waals surface area contributed by atoms with Gasteiger partial charge in [0.1, 0.15) is 22.8 Å². The second-order valence-electron chi connectivity index (χ2n) is 6.49. The number of hydrogen-bond acceptors (Lipinski definition) is 7. The maximum atomic E-state index is 14.5. The molecule has 0 saturated heterocycles. The summed E-state index contributed by atoms with van der Waals surface area (Å²) in [6, 6.07) is 4.80. The summed E-state index contributed by atoms with van der Waals surface area (Å²) in [5.74, 6) is -5.47. The van der Waals surface area contributed by atoms with Crippen LogP contribution in [0.15, 0.2) is 42.7 Å². The number of methoxy groups -OCH3 is 1. The maximum absolute atomic E-state index is 14.5. The molecule has 34 heavy (non-hydrogen) atoms. The van der Waals surface area contributed by atoms with Crippen LogP contribution in [0.1, 0.15) is 27.8 Å². The predicted molar refractivity (Wildman–Crippen MR) is 106 cm³/mol. The van der Waals surface area contributed by atoms with Crippen molar-refractivity contribution in [3.8, 4) is 23.0 Å². The molecule has 0 atom stereocenters. The van der Waals surface area contributed by atoms with E-state index in [2.05, 4.69) is 20.0 Å². The van der Waals surface area contributed by atoms with Crippen molar-refractivity contribution in [3.63, 3.8) is 0 Å². The fraction of sp³-hybridized carbons (Fsp3) is 0.143. The lowest BCUT2D eigenvalue weighted by molar-refractivity contribution is -0.274. The van der Waals surface area contributed by atoms with Gasteiger partial charge in [-0.3, -0.25) is 14.6 Å². The summed E-state index contributed by atoms with van der Waals surface area (Å²) in [5.41, 5.74) is -1.18. The van der Waals surface area contributed by atoms with E-state index in [-0.39, 0.29) is 17.3 Å². The van der Waals surface area contributed by atoms with E-state index in [9.17, 15) is 31.5 Å². The molecule has 8 nitrogen and oxygen atoms in total. The van der Waals surface area contributed by atoms with Crippen LogP contribution in [0.4, 0.5) is 27.8 Å². The van der Waals surface area contributed by atoms with Gasteiger partial charge >= 0.3 is 6.36 Å². The molecule has 178 valence electrons. The Hall–Kier alpha value is -4.29. The molecule has 0 unspecified atom stereocenters. The van der Waals surface area contributed by atoms with Crippen molar-refractivity contribution in [1.29, 1.82) is 0 Å². The van der Waals surface area contributed by atoms with Gasteiger partial charge in [0.2, 0.25) is 0 Å². The number of anilines is 1. The molecule has 2 aromatic heterocycles. The number of nitrogens with zero attached hydrogens (tertiary/aromatic N) is 2. The first-order valence-electron chi connectivity index (χ1n) is 9.22. The number of carbonyl (C=O) groups is 2. The van der Waals surface area contributed by atoms with Gasteiger partial charge in [-0.05, 0) is 24.3 Å². The van der Waals surface area contributed by atoms with E-state index in [0.717, 1.165) is 56.8 Å². The van der Waals surface area contributed by atoms with Gasteiger partial charge in [-0.15, -0.1) is 13.2 Å². The van der Waals surface area contributed by atoms with Crippen LogP contribution in [0.2, 0.25) is 0 Å². The minimum Gasteiger partial charge on any atom is -0.493 e. The Balaban J connectivity index is 1.92. The molecule has 0 saturated carbocycles. The number of nitrogens with one attached hydrogen (secondary N) is 1. The number of ether oxygens (including phenoxy) is 3. The summed E-state index contributed by atoms with van der Waals surface area (Å²) < 4.78 is 79.8. The summed E-state index contributed by atoms with van der Waals surface area (Å²) >= 11 is 0. The number of carbonyl (C=O) groups excluding carboxylic acids is 2. The van der Waals surface area contributed by atoms with Crippen LogP contribution in [0, 0.1) is 11.6 Å². The normalized spacial score (nSPS) is 11.0. The first kappa shape index (κ1) is 24.4. The molecule has 1 amide bonds. The zero-order valence-corrected chi connectivity index (χ0v) is 17.4. The molecule has 0 aliphatic carbocycles. The monoisotopic (exact) mass is 483 g/mol. The summed E-state index contributed by atoms with van der Waals surface area (Å²) in [5, 5.41) is 2.22. The van der Waals surface area contributed by atoms with Crippen molar-refractivity contribution in [2.24, 2.45) is 0 Å². The van der Waals surface area contributed by atoms with Gasteiger partial charge in [0.15, 0.2) is 34.7 Å². The van der Waals surface area contributed by atoms with Gasteiger partial charge in [-0.1, -0.05) is 0 Å². The van der Waals surface area contributed by atoms with Crippen LogP contribution in [-0.4, -0.2) is 35.1 Å². The molecular formula is C21H14F5N3O5. The van der Waals surface area contributed by atoms with Crippen LogP contribution in [0.3, 0.4) is 0 Å². The predicted octanol–water partition coefficient (Wildman–Crippen LogP) is 4.91. The van der Waals surface area contributed by atoms with Gasteiger partial charge in [-0.25, -0.2) is 13.8 Å². The molecule has 0 radical (unpaired) electrons. The third kappa shape index (κ3) is 5.74. The van der Waals surface area contributed by atoms with E-state index >= 15 is 0 Å². The largest absolute Gasteiger partial charge is 0.573 e. The lowest BCUT2D eigenvalue weighted by atomic mass is 10.2. The molecule has 3 rings (SSSR count). The van der Waals surface area contributed by atoms with Crippen LogP contribution in [0.5, 0.6) is 23.0 Å². The Kier molecular flexibility index (Phi) is 6.94. The quantitative estimate of drug-likeness (QED) is 0.377. The number of aromatic nitrogens is 2. The standard InChI is InChI=1S/C21H14F5N3O5/c1-10(30)19-12(22)4-6-17(28-19)29-20(31)18-13(23)8-27-9-16(18)33-14-5-3-11(7-15(14)32-2)34-21(24,25)26/h3-9H,1-2H3,(H,28,29,31). The van der Waals surface area contributed by atoms with Crippen molar-refractivity contribution in [1.82, 2.24) is 9.97 Å². The number of benzene rings is 1. The molecule has 0 aliphatic heterocycles. The lowest BCUT2D eigenvalue weighted by Crippen LogP contribution is -2.17. The highest BCUT2D eigenvalue weighted by atomic mass is 19.4. The highest BCUT2D eigenvalue weighted by molar-refractivity contribution is 6.06. The molecule has 1 N–H and O–H groups in total. The number of hydrogen-bond donors (Lipinski definition) is 1. The average Bonchev–Trinajstić information content (AvgIpc) is 2.74. The Bertz CT molecular complexity index is 1250. The summed E-state index contributed by atoms with van der Waals surface area (Å²) in [6.07, 6.45) is -3.24. The van der Waals surface area contributed by atoms with Gasteiger partial charge in [-0.2, -0.15) is 0 Å². The van der Waals surface area contributed by atoms with Gasteiger partial charge < -0.3 is 19.5 Å². The summed E-state index contributed by atoms with van der Waals surface area (Å²) in [4.78, 5) is 31.5. The maximum Gasteiger partial charge on any atom is 0.573 e. The van der Waals surface area contributed by atoms with Crippen LogP contribution in [-0.2, 0) is 0 Å². The third-order valence-corrected chi connectivity index (χ3v) is 4.10. The lowest BCUT2D eigenvalue weighted by Gasteiger charge is -2.15. The number of halogens is 5. The Morgan fingerprint density at radius 3 is 2.35 bits per heavy atom. The average molecular weight is 483 g/mol. The van der Waals surface area contributed by atoms with Gasteiger partial charge in [0.25, 0.3) is 5.91 Å². The minimum absolute atomic E-state index is 0.183. The van der Waals surface area contributed by atoms with Crippen LogP contribution >= 0.6 is 0 Å². The fourth-order valence-electron chi connectivity index (χ4n) is 2.70. The van der Waals surface area contributed by atoms with Crippen molar-refractivity contribution < 1.29 is 45.8 Å². The van der Waals surface area contributed by atoms with E-state index < -0.39 is 52.4 Å². The molecule has 3 aromatic rings. The van der Waals surface area contributed by atoms with E-state index in [1.165, 1.54) is 0 Å². The first-order chi connectivity index (χ1) is 16.0. The SMILES string of the molecule is COc1cc(OC(F)(F)F)ccc1Oc1cncc(F)c1C(=O)Nc1ccc(F)c(C(C)=O)n1.